The van der Waals surface area contributed by atoms with E-state index in [-0.39, 0.29) is 41.7 Å². The minimum atomic E-state index is -0.998. The van der Waals surface area contributed by atoms with E-state index in [9.17, 15) is 9.18 Å². The fourth-order valence-electron chi connectivity index (χ4n) is 3.68. The van der Waals surface area contributed by atoms with Crippen LogP contribution >= 0.6 is 0 Å². The SMILES string of the molecule is Cc1ccc(CC(=O)O)c(OCc2cc(-c3cccc(CN)c3F)c3occc3c2F)c1. The van der Waals surface area contributed by atoms with E-state index in [4.69, 9.17) is 20.0 Å². The Morgan fingerprint density at radius 1 is 1.03 bits per heavy atom. The lowest BCUT2D eigenvalue weighted by molar-refractivity contribution is -0.136. The average molecular weight is 437 g/mol. The summed E-state index contributed by atoms with van der Waals surface area (Å²) in [6, 6.07) is 13.0. The van der Waals surface area contributed by atoms with E-state index in [1.54, 1.807) is 36.4 Å². The van der Waals surface area contributed by atoms with Gasteiger partial charge in [-0.25, -0.2) is 8.78 Å². The van der Waals surface area contributed by atoms with E-state index < -0.39 is 17.6 Å². The van der Waals surface area contributed by atoms with Gasteiger partial charge < -0.3 is 20.0 Å². The summed E-state index contributed by atoms with van der Waals surface area (Å²) in [6.45, 7) is 1.70. The molecule has 0 radical (unpaired) electrons. The number of carbonyl (C=O) groups is 1. The number of aryl methyl sites for hydroxylation is 1. The van der Waals surface area contributed by atoms with E-state index in [1.165, 1.54) is 18.4 Å². The molecule has 5 nitrogen and oxygen atoms in total. The number of rotatable bonds is 7. The first-order valence-corrected chi connectivity index (χ1v) is 9.99. The van der Waals surface area contributed by atoms with Gasteiger partial charge in [-0.05, 0) is 30.7 Å². The molecule has 1 heterocycles. The summed E-state index contributed by atoms with van der Waals surface area (Å²) in [5.41, 5.74) is 8.37. The zero-order valence-electron chi connectivity index (χ0n) is 17.3. The minimum Gasteiger partial charge on any atom is -0.488 e. The van der Waals surface area contributed by atoms with Gasteiger partial charge in [0.2, 0.25) is 0 Å². The topological polar surface area (TPSA) is 85.7 Å². The molecule has 0 aliphatic rings. The molecule has 0 aliphatic carbocycles. The van der Waals surface area contributed by atoms with Gasteiger partial charge in [0.1, 0.15) is 29.6 Å². The van der Waals surface area contributed by atoms with Crippen molar-refractivity contribution in [2.75, 3.05) is 0 Å². The van der Waals surface area contributed by atoms with Crippen LogP contribution in [0.2, 0.25) is 0 Å². The Kier molecular flexibility index (Phi) is 5.92. The van der Waals surface area contributed by atoms with Crippen molar-refractivity contribution in [1.29, 1.82) is 0 Å². The number of furan rings is 1. The smallest absolute Gasteiger partial charge is 0.307 e. The third-order valence-electron chi connectivity index (χ3n) is 5.28. The van der Waals surface area contributed by atoms with Gasteiger partial charge in [-0.3, -0.25) is 4.79 Å². The fraction of sp³-hybridized carbons (Fsp3) is 0.160. The molecule has 0 aliphatic heterocycles. The van der Waals surface area contributed by atoms with Crippen molar-refractivity contribution in [2.45, 2.75) is 26.5 Å². The fourth-order valence-corrected chi connectivity index (χ4v) is 3.68. The Morgan fingerprint density at radius 3 is 2.59 bits per heavy atom. The van der Waals surface area contributed by atoms with Crippen molar-refractivity contribution in [1.82, 2.24) is 0 Å². The van der Waals surface area contributed by atoms with E-state index >= 15 is 4.39 Å². The van der Waals surface area contributed by atoms with E-state index in [1.807, 2.05) is 6.92 Å². The molecule has 3 N–H and O–H groups in total. The van der Waals surface area contributed by atoms with Crippen molar-refractivity contribution < 1.29 is 27.8 Å². The summed E-state index contributed by atoms with van der Waals surface area (Å²) in [4.78, 5) is 11.2. The standard InChI is InChI=1S/C25H21F2NO4/c1-14-5-6-15(11-22(29)30)21(9-14)32-13-17-10-20(25-19(24(17)27)7-8-31-25)18-4-2-3-16(12-28)23(18)26/h2-10H,11-13,28H2,1H3,(H,29,30). The molecule has 0 amide bonds. The lowest BCUT2D eigenvalue weighted by Gasteiger charge is -2.14. The van der Waals surface area contributed by atoms with Crippen molar-refractivity contribution >= 4 is 16.9 Å². The Balaban J connectivity index is 1.77. The molecule has 0 spiro atoms. The highest BCUT2D eigenvalue weighted by molar-refractivity contribution is 5.94. The highest BCUT2D eigenvalue weighted by Crippen LogP contribution is 2.36. The number of benzene rings is 3. The van der Waals surface area contributed by atoms with Crippen LogP contribution in [-0.4, -0.2) is 11.1 Å². The van der Waals surface area contributed by atoms with Crippen LogP contribution < -0.4 is 10.5 Å². The Bertz CT molecular complexity index is 1310. The van der Waals surface area contributed by atoms with Crippen LogP contribution in [0.25, 0.3) is 22.1 Å². The number of nitrogens with two attached hydrogens (primary N) is 1. The predicted molar refractivity (Wildman–Crippen MR) is 116 cm³/mol. The van der Waals surface area contributed by atoms with E-state index in [0.717, 1.165) is 5.56 Å². The summed E-state index contributed by atoms with van der Waals surface area (Å²) in [6.07, 6.45) is 1.12. The monoisotopic (exact) mass is 437 g/mol. The van der Waals surface area contributed by atoms with Gasteiger partial charge in [0.15, 0.2) is 0 Å². The van der Waals surface area contributed by atoms with Crippen LogP contribution in [0, 0.1) is 18.6 Å². The number of aliphatic carboxylic acids is 1. The number of halogens is 2. The number of carboxylic acids is 1. The summed E-state index contributed by atoms with van der Waals surface area (Å²) in [5.74, 6) is -1.67. The maximum Gasteiger partial charge on any atom is 0.307 e. The van der Waals surface area contributed by atoms with Crippen LogP contribution in [0.1, 0.15) is 22.3 Å². The normalized spacial score (nSPS) is 11.1. The van der Waals surface area contributed by atoms with Gasteiger partial charge in [-0.1, -0.05) is 30.3 Å². The van der Waals surface area contributed by atoms with Crippen molar-refractivity contribution in [3.8, 4) is 16.9 Å². The van der Waals surface area contributed by atoms with Gasteiger partial charge in [0.25, 0.3) is 0 Å². The van der Waals surface area contributed by atoms with Gasteiger partial charge in [0, 0.05) is 34.4 Å². The molecule has 164 valence electrons. The van der Waals surface area contributed by atoms with Crippen LogP contribution in [0.5, 0.6) is 5.75 Å². The molecule has 32 heavy (non-hydrogen) atoms. The zero-order valence-corrected chi connectivity index (χ0v) is 17.3. The molecule has 0 fully saturated rings. The molecule has 7 heteroatoms. The first-order valence-electron chi connectivity index (χ1n) is 9.99. The molecule has 0 saturated carbocycles. The molecular formula is C25H21F2NO4. The largest absolute Gasteiger partial charge is 0.488 e. The van der Waals surface area contributed by atoms with Crippen molar-refractivity contribution in [2.24, 2.45) is 5.73 Å². The molecule has 0 unspecified atom stereocenters. The second-order valence-electron chi connectivity index (χ2n) is 7.51. The number of hydrogen-bond acceptors (Lipinski definition) is 4. The van der Waals surface area contributed by atoms with Gasteiger partial charge in [-0.2, -0.15) is 0 Å². The average Bonchev–Trinajstić information content (AvgIpc) is 3.26. The summed E-state index contributed by atoms with van der Waals surface area (Å²) < 4.78 is 41.5. The lowest BCUT2D eigenvalue weighted by atomic mass is 9.97. The Labute approximate surface area is 183 Å². The third kappa shape index (κ3) is 4.07. The molecule has 4 aromatic rings. The highest BCUT2D eigenvalue weighted by Gasteiger charge is 2.20. The Morgan fingerprint density at radius 2 is 1.84 bits per heavy atom. The maximum absolute atomic E-state index is 15.2. The van der Waals surface area contributed by atoms with Crippen molar-refractivity contribution in [3.63, 3.8) is 0 Å². The van der Waals surface area contributed by atoms with Crippen LogP contribution in [0.3, 0.4) is 0 Å². The van der Waals surface area contributed by atoms with Crippen LogP contribution in [0.4, 0.5) is 8.78 Å². The quantitative estimate of drug-likeness (QED) is 0.407. The minimum absolute atomic E-state index is 0.0256. The summed E-state index contributed by atoms with van der Waals surface area (Å²) >= 11 is 0. The van der Waals surface area contributed by atoms with Crippen molar-refractivity contribution in [3.05, 3.63) is 88.7 Å². The number of carboxylic acid groups (broad SMARTS) is 1. The number of ether oxygens (including phenoxy) is 1. The highest BCUT2D eigenvalue weighted by atomic mass is 19.1. The number of fused-ring (bicyclic) bond motifs is 1. The summed E-state index contributed by atoms with van der Waals surface area (Å²) in [7, 11) is 0. The first-order chi connectivity index (χ1) is 15.4. The van der Waals surface area contributed by atoms with E-state index in [0.29, 0.717) is 22.4 Å². The molecule has 3 aromatic carbocycles. The zero-order chi connectivity index (χ0) is 22.8. The second kappa shape index (κ2) is 8.80. The lowest BCUT2D eigenvalue weighted by Crippen LogP contribution is -2.06. The molecule has 0 bridgehead atoms. The second-order valence-corrected chi connectivity index (χ2v) is 7.51. The Hall–Kier alpha value is -3.71. The maximum atomic E-state index is 15.2. The van der Waals surface area contributed by atoms with Crippen LogP contribution in [0.15, 0.2) is 59.2 Å². The van der Waals surface area contributed by atoms with Gasteiger partial charge in [-0.15, -0.1) is 0 Å². The molecule has 0 atom stereocenters. The molecule has 1 aromatic heterocycles. The third-order valence-corrected chi connectivity index (χ3v) is 5.28. The molecule has 4 rings (SSSR count). The van der Waals surface area contributed by atoms with Gasteiger partial charge >= 0.3 is 5.97 Å². The first kappa shape index (κ1) is 21.5. The number of hydrogen-bond donors (Lipinski definition) is 2. The van der Waals surface area contributed by atoms with Crippen LogP contribution in [-0.2, 0) is 24.4 Å². The van der Waals surface area contributed by atoms with Gasteiger partial charge in [0.05, 0.1) is 18.1 Å². The molecular weight excluding hydrogens is 416 g/mol. The summed E-state index contributed by atoms with van der Waals surface area (Å²) in [5, 5.41) is 9.35. The molecule has 0 saturated heterocycles. The predicted octanol–water partition coefficient (Wildman–Crippen LogP) is 5.35. The van der Waals surface area contributed by atoms with E-state index in [2.05, 4.69) is 0 Å².